The molecular weight excluding hydrogens is 306 g/mol. The Labute approximate surface area is 143 Å². The average Bonchev–Trinajstić information content (AvgIpc) is 2.55. The van der Waals surface area contributed by atoms with Gasteiger partial charge in [0.15, 0.2) is 0 Å². The second-order valence-corrected chi connectivity index (χ2v) is 7.36. The fraction of sp³-hybridized carbons (Fsp3) is 0.632. The lowest BCUT2D eigenvalue weighted by molar-refractivity contribution is -0.175. The van der Waals surface area contributed by atoms with Gasteiger partial charge in [0.1, 0.15) is 5.75 Å². The Morgan fingerprint density at radius 1 is 1.25 bits per heavy atom. The van der Waals surface area contributed by atoms with Crippen molar-refractivity contribution < 1.29 is 19.4 Å². The molecule has 24 heavy (non-hydrogen) atoms. The molecule has 3 rings (SSSR count). The van der Waals surface area contributed by atoms with E-state index in [0.29, 0.717) is 39.0 Å². The summed E-state index contributed by atoms with van der Waals surface area (Å²) in [7, 11) is 1.63. The molecule has 132 valence electrons. The predicted octanol–water partition coefficient (Wildman–Crippen LogP) is 2.16. The first kappa shape index (κ1) is 17.2. The van der Waals surface area contributed by atoms with Crippen molar-refractivity contribution in [1.82, 2.24) is 4.90 Å². The number of hydrogen-bond acceptors (Lipinski definition) is 4. The van der Waals surface area contributed by atoms with Crippen molar-refractivity contribution in [2.24, 2.45) is 0 Å². The van der Waals surface area contributed by atoms with Gasteiger partial charge in [0.05, 0.1) is 31.3 Å². The third-order valence-electron chi connectivity index (χ3n) is 5.29. The van der Waals surface area contributed by atoms with Gasteiger partial charge in [0, 0.05) is 19.5 Å². The topological polar surface area (TPSA) is 59.0 Å². The van der Waals surface area contributed by atoms with Gasteiger partial charge in [-0.15, -0.1) is 0 Å². The first-order valence-electron chi connectivity index (χ1n) is 8.69. The Bertz CT molecular complexity index is 574. The van der Waals surface area contributed by atoms with E-state index in [1.807, 2.05) is 36.1 Å². The third-order valence-corrected chi connectivity index (χ3v) is 5.29. The lowest BCUT2D eigenvalue weighted by atomic mass is 9.78. The maximum atomic E-state index is 12.5. The molecule has 2 fully saturated rings. The van der Waals surface area contributed by atoms with Gasteiger partial charge in [0.25, 0.3) is 0 Å². The van der Waals surface area contributed by atoms with E-state index in [-0.39, 0.29) is 11.5 Å². The second kappa shape index (κ2) is 6.73. The quantitative estimate of drug-likeness (QED) is 0.921. The van der Waals surface area contributed by atoms with Gasteiger partial charge in [0.2, 0.25) is 5.91 Å². The van der Waals surface area contributed by atoms with Crippen LogP contribution in [0.25, 0.3) is 0 Å². The monoisotopic (exact) mass is 333 g/mol. The van der Waals surface area contributed by atoms with Crippen LogP contribution >= 0.6 is 0 Å². The summed E-state index contributed by atoms with van der Waals surface area (Å²) >= 11 is 0. The van der Waals surface area contributed by atoms with E-state index in [4.69, 9.17) is 9.47 Å². The van der Waals surface area contributed by atoms with Crippen LogP contribution in [0.4, 0.5) is 0 Å². The number of nitrogens with zero attached hydrogens (tertiary/aromatic N) is 1. The fourth-order valence-electron chi connectivity index (χ4n) is 3.84. The molecule has 5 heteroatoms. The van der Waals surface area contributed by atoms with Crippen LogP contribution in [-0.2, 0) is 16.0 Å². The van der Waals surface area contributed by atoms with Gasteiger partial charge in [-0.25, -0.2) is 0 Å². The largest absolute Gasteiger partial charge is 0.497 e. The zero-order chi connectivity index (χ0) is 17.2. The van der Waals surface area contributed by atoms with Crippen LogP contribution < -0.4 is 4.74 Å². The first-order chi connectivity index (χ1) is 11.4. The van der Waals surface area contributed by atoms with Crippen molar-refractivity contribution in [2.45, 2.75) is 50.2 Å². The van der Waals surface area contributed by atoms with E-state index in [9.17, 15) is 9.90 Å². The molecule has 1 unspecified atom stereocenters. The average molecular weight is 333 g/mol. The number of ether oxygens (including phenoxy) is 2. The van der Waals surface area contributed by atoms with Crippen LogP contribution in [-0.4, -0.2) is 53.9 Å². The smallest absolute Gasteiger partial charge is 0.226 e. The van der Waals surface area contributed by atoms with Crippen molar-refractivity contribution in [3.05, 3.63) is 29.8 Å². The molecule has 2 aliphatic rings. The Morgan fingerprint density at radius 3 is 2.50 bits per heavy atom. The van der Waals surface area contributed by atoms with E-state index in [0.717, 1.165) is 24.2 Å². The van der Waals surface area contributed by atoms with E-state index in [1.54, 1.807) is 7.11 Å². The summed E-state index contributed by atoms with van der Waals surface area (Å²) in [6, 6.07) is 7.63. The standard InChI is InChI=1S/C19H27NO4/c1-18(22)9-12-24-19(14-18)7-10-20(11-8-19)17(21)13-15-3-5-16(23-2)6-4-15/h3-6,22H,7-14H2,1-2H3. The molecule has 5 nitrogen and oxygen atoms in total. The van der Waals surface area contributed by atoms with E-state index >= 15 is 0 Å². The van der Waals surface area contributed by atoms with Gasteiger partial charge in [-0.05, 0) is 43.9 Å². The van der Waals surface area contributed by atoms with Crippen molar-refractivity contribution in [2.75, 3.05) is 26.8 Å². The molecule has 0 aliphatic carbocycles. The Kier molecular flexibility index (Phi) is 4.83. The van der Waals surface area contributed by atoms with Crippen molar-refractivity contribution in [1.29, 1.82) is 0 Å². The molecule has 1 amide bonds. The zero-order valence-corrected chi connectivity index (χ0v) is 14.6. The van der Waals surface area contributed by atoms with Gasteiger partial charge < -0.3 is 19.5 Å². The van der Waals surface area contributed by atoms with Crippen LogP contribution in [0.1, 0.15) is 38.2 Å². The number of likely N-dealkylation sites (tertiary alicyclic amines) is 1. The molecule has 1 aromatic rings. The highest BCUT2D eigenvalue weighted by Crippen LogP contribution is 2.39. The van der Waals surface area contributed by atoms with Crippen LogP contribution in [0.15, 0.2) is 24.3 Å². The van der Waals surface area contributed by atoms with Crippen molar-refractivity contribution >= 4 is 5.91 Å². The zero-order valence-electron chi connectivity index (χ0n) is 14.6. The molecule has 0 bridgehead atoms. The van der Waals surface area contributed by atoms with Gasteiger partial charge >= 0.3 is 0 Å². The van der Waals surface area contributed by atoms with Crippen LogP contribution in [0.3, 0.4) is 0 Å². The van der Waals surface area contributed by atoms with E-state index in [1.165, 1.54) is 0 Å². The Balaban J connectivity index is 1.55. The number of aliphatic hydroxyl groups is 1. The maximum Gasteiger partial charge on any atom is 0.226 e. The maximum absolute atomic E-state index is 12.5. The number of carbonyl (C=O) groups excluding carboxylic acids is 1. The lowest BCUT2D eigenvalue weighted by Gasteiger charge is -2.48. The first-order valence-corrected chi connectivity index (χ1v) is 8.69. The van der Waals surface area contributed by atoms with E-state index < -0.39 is 5.60 Å². The second-order valence-electron chi connectivity index (χ2n) is 7.36. The molecule has 1 N–H and O–H groups in total. The summed E-state index contributed by atoms with van der Waals surface area (Å²) in [6.07, 6.45) is 3.37. The molecule has 2 heterocycles. The van der Waals surface area contributed by atoms with Crippen LogP contribution in [0, 0.1) is 0 Å². The summed E-state index contributed by atoms with van der Waals surface area (Å²) in [5, 5.41) is 10.3. The van der Waals surface area contributed by atoms with Crippen molar-refractivity contribution in [3.63, 3.8) is 0 Å². The third kappa shape index (κ3) is 3.90. The predicted molar refractivity (Wildman–Crippen MR) is 91.1 cm³/mol. The minimum absolute atomic E-state index is 0.151. The highest BCUT2D eigenvalue weighted by molar-refractivity contribution is 5.79. The molecule has 2 saturated heterocycles. The number of rotatable bonds is 3. The number of methoxy groups -OCH3 is 1. The molecule has 0 saturated carbocycles. The fourth-order valence-corrected chi connectivity index (χ4v) is 3.84. The van der Waals surface area contributed by atoms with Crippen molar-refractivity contribution in [3.8, 4) is 5.75 Å². The summed E-state index contributed by atoms with van der Waals surface area (Å²) < 4.78 is 11.1. The lowest BCUT2D eigenvalue weighted by Crippen LogP contribution is -2.54. The number of piperidine rings is 1. The molecular formula is C19H27NO4. The number of carbonyl (C=O) groups is 1. The van der Waals surface area contributed by atoms with Gasteiger partial charge in [-0.1, -0.05) is 12.1 Å². The summed E-state index contributed by atoms with van der Waals surface area (Å²) in [6.45, 7) is 3.89. The summed E-state index contributed by atoms with van der Waals surface area (Å²) in [5.41, 5.74) is 0.101. The highest BCUT2D eigenvalue weighted by atomic mass is 16.5. The number of amides is 1. The minimum Gasteiger partial charge on any atom is -0.497 e. The molecule has 1 atom stereocenters. The summed E-state index contributed by atoms with van der Waals surface area (Å²) in [5.74, 6) is 0.949. The summed E-state index contributed by atoms with van der Waals surface area (Å²) in [4.78, 5) is 14.4. The minimum atomic E-state index is -0.645. The van der Waals surface area contributed by atoms with E-state index in [2.05, 4.69) is 0 Å². The number of benzene rings is 1. The van der Waals surface area contributed by atoms with Gasteiger partial charge in [-0.2, -0.15) is 0 Å². The molecule has 2 aliphatic heterocycles. The normalized spacial score (nSPS) is 26.4. The number of hydrogen-bond donors (Lipinski definition) is 1. The Hall–Kier alpha value is -1.59. The van der Waals surface area contributed by atoms with Gasteiger partial charge in [-0.3, -0.25) is 4.79 Å². The molecule has 1 aromatic carbocycles. The molecule has 0 radical (unpaired) electrons. The van der Waals surface area contributed by atoms with Crippen LogP contribution in [0.2, 0.25) is 0 Å². The molecule has 1 spiro atoms. The van der Waals surface area contributed by atoms with Crippen LogP contribution in [0.5, 0.6) is 5.75 Å². The highest BCUT2D eigenvalue weighted by Gasteiger charge is 2.44. The molecule has 0 aromatic heterocycles. The SMILES string of the molecule is COc1ccc(CC(=O)N2CCC3(CC2)CC(C)(O)CCO3)cc1. The Morgan fingerprint density at radius 2 is 1.92 bits per heavy atom.